The molecule has 1 aromatic carbocycles. The Balaban J connectivity index is 1.69. The van der Waals surface area contributed by atoms with E-state index in [0.29, 0.717) is 12.1 Å². The Morgan fingerprint density at radius 3 is 3.05 bits per heavy atom. The van der Waals surface area contributed by atoms with Crippen LogP contribution in [0.25, 0.3) is 10.9 Å². The average molecular weight is 286 g/mol. The van der Waals surface area contributed by atoms with Crippen LogP contribution in [0.5, 0.6) is 0 Å². The van der Waals surface area contributed by atoms with Crippen molar-refractivity contribution in [3.63, 3.8) is 0 Å². The van der Waals surface area contributed by atoms with Crippen LogP contribution in [0.2, 0.25) is 0 Å². The summed E-state index contributed by atoms with van der Waals surface area (Å²) in [6.07, 6.45) is 4.75. The third kappa shape index (κ3) is 2.97. The van der Waals surface area contributed by atoms with Gasteiger partial charge in [-0.1, -0.05) is 18.2 Å². The Hall–Kier alpha value is -2.14. The number of carbonyl (C=O) groups excluding carboxylic acids is 2. The van der Waals surface area contributed by atoms with E-state index in [1.54, 1.807) is 6.20 Å². The SMILES string of the molecule is O=Cc1cn(CC(=O)NC[C@@H]2CCCO2)c2ccccc12. The predicted molar refractivity (Wildman–Crippen MR) is 79.3 cm³/mol. The summed E-state index contributed by atoms with van der Waals surface area (Å²) in [5, 5.41) is 3.77. The maximum atomic E-state index is 12.0. The number of rotatable bonds is 5. The number of fused-ring (bicyclic) bond motifs is 1. The lowest BCUT2D eigenvalue weighted by Gasteiger charge is -2.11. The number of hydrogen-bond donors (Lipinski definition) is 1. The predicted octanol–water partition coefficient (Wildman–Crippen LogP) is 1.75. The highest BCUT2D eigenvalue weighted by atomic mass is 16.5. The van der Waals surface area contributed by atoms with E-state index in [1.165, 1.54) is 0 Å². The van der Waals surface area contributed by atoms with Crippen molar-refractivity contribution in [3.05, 3.63) is 36.0 Å². The minimum atomic E-state index is -0.0660. The van der Waals surface area contributed by atoms with Crippen LogP contribution < -0.4 is 5.32 Å². The molecule has 0 unspecified atom stereocenters. The van der Waals surface area contributed by atoms with Gasteiger partial charge in [0.15, 0.2) is 6.29 Å². The standard InChI is InChI=1S/C16H18N2O3/c19-11-12-9-18(15-6-2-1-5-14(12)15)10-16(20)17-8-13-4-3-7-21-13/h1-2,5-6,9,11,13H,3-4,7-8,10H2,(H,17,20)/t13-/m0/s1. The molecule has 1 aromatic heterocycles. The lowest BCUT2D eigenvalue weighted by Crippen LogP contribution is -2.34. The second kappa shape index (κ2) is 6.10. The Bertz CT molecular complexity index is 657. The molecule has 2 aromatic rings. The van der Waals surface area contributed by atoms with Gasteiger partial charge in [-0.3, -0.25) is 9.59 Å². The molecule has 0 radical (unpaired) electrons. The molecule has 3 rings (SSSR count). The summed E-state index contributed by atoms with van der Waals surface area (Å²) in [7, 11) is 0. The molecule has 0 aliphatic carbocycles. The highest BCUT2D eigenvalue weighted by Gasteiger charge is 2.16. The summed E-state index contributed by atoms with van der Waals surface area (Å²) in [6.45, 7) is 1.55. The topological polar surface area (TPSA) is 60.3 Å². The highest BCUT2D eigenvalue weighted by Crippen LogP contribution is 2.19. The fourth-order valence-electron chi connectivity index (χ4n) is 2.74. The van der Waals surface area contributed by atoms with E-state index in [4.69, 9.17) is 4.74 Å². The van der Waals surface area contributed by atoms with Crippen LogP contribution in [0.1, 0.15) is 23.2 Å². The molecule has 0 spiro atoms. The van der Waals surface area contributed by atoms with Gasteiger partial charge in [0.1, 0.15) is 6.54 Å². The van der Waals surface area contributed by atoms with E-state index in [9.17, 15) is 9.59 Å². The molecule has 21 heavy (non-hydrogen) atoms. The van der Waals surface area contributed by atoms with Crippen molar-refractivity contribution in [1.29, 1.82) is 0 Å². The Labute approximate surface area is 122 Å². The number of amides is 1. The van der Waals surface area contributed by atoms with Crippen molar-refractivity contribution in [2.75, 3.05) is 13.2 Å². The molecule has 0 saturated carbocycles. The molecular weight excluding hydrogens is 268 g/mol. The maximum absolute atomic E-state index is 12.0. The van der Waals surface area contributed by atoms with Crippen molar-refractivity contribution < 1.29 is 14.3 Å². The fourth-order valence-corrected chi connectivity index (χ4v) is 2.74. The molecule has 1 saturated heterocycles. The lowest BCUT2D eigenvalue weighted by molar-refractivity contribution is -0.122. The average Bonchev–Trinajstić information content (AvgIpc) is 3.13. The van der Waals surface area contributed by atoms with E-state index >= 15 is 0 Å². The number of nitrogens with one attached hydrogen (secondary N) is 1. The Kier molecular flexibility index (Phi) is 4.01. The van der Waals surface area contributed by atoms with Crippen LogP contribution in [0.4, 0.5) is 0 Å². The normalized spacial score (nSPS) is 18.0. The van der Waals surface area contributed by atoms with Crippen LogP contribution in [0.15, 0.2) is 30.5 Å². The summed E-state index contributed by atoms with van der Waals surface area (Å²) >= 11 is 0. The molecule has 5 nitrogen and oxygen atoms in total. The first-order valence-corrected chi connectivity index (χ1v) is 7.19. The lowest BCUT2D eigenvalue weighted by atomic mass is 10.2. The summed E-state index contributed by atoms with van der Waals surface area (Å²) in [5.74, 6) is -0.0660. The second-order valence-corrected chi connectivity index (χ2v) is 5.29. The van der Waals surface area contributed by atoms with E-state index in [1.807, 2.05) is 28.8 Å². The van der Waals surface area contributed by atoms with Crippen molar-refractivity contribution in [2.45, 2.75) is 25.5 Å². The number of ether oxygens (including phenoxy) is 1. The van der Waals surface area contributed by atoms with Gasteiger partial charge in [0, 0.05) is 35.8 Å². The number of para-hydroxylation sites is 1. The monoisotopic (exact) mass is 286 g/mol. The molecular formula is C16H18N2O3. The first-order chi connectivity index (χ1) is 10.3. The van der Waals surface area contributed by atoms with Crippen molar-refractivity contribution in [1.82, 2.24) is 9.88 Å². The van der Waals surface area contributed by atoms with Gasteiger partial charge in [0.05, 0.1) is 6.10 Å². The van der Waals surface area contributed by atoms with Gasteiger partial charge >= 0.3 is 0 Å². The number of aldehydes is 1. The molecule has 1 aliphatic heterocycles. The molecule has 1 N–H and O–H groups in total. The third-order valence-electron chi connectivity index (χ3n) is 3.81. The van der Waals surface area contributed by atoms with Crippen molar-refractivity contribution >= 4 is 23.1 Å². The number of carbonyl (C=O) groups is 2. The van der Waals surface area contributed by atoms with Gasteiger partial charge in [-0.15, -0.1) is 0 Å². The minimum absolute atomic E-state index is 0.0660. The van der Waals surface area contributed by atoms with Crippen LogP contribution >= 0.6 is 0 Å². The van der Waals surface area contributed by atoms with Crippen LogP contribution in [0, 0.1) is 0 Å². The molecule has 1 atom stereocenters. The maximum Gasteiger partial charge on any atom is 0.240 e. The van der Waals surface area contributed by atoms with E-state index in [2.05, 4.69) is 5.32 Å². The summed E-state index contributed by atoms with van der Waals surface area (Å²) < 4.78 is 7.29. The molecule has 2 heterocycles. The van der Waals surface area contributed by atoms with Gasteiger partial charge in [-0.25, -0.2) is 0 Å². The van der Waals surface area contributed by atoms with Crippen LogP contribution in [-0.4, -0.2) is 36.0 Å². The zero-order valence-electron chi connectivity index (χ0n) is 11.7. The molecule has 1 amide bonds. The number of aromatic nitrogens is 1. The zero-order valence-corrected chi connectivity index (χ0v) is 11.7. The van der Waals surface area contributed by atoms with E-state index < -0.39 is 0 Å². The van der Waals surface area contributed by atoms with Crippen LogP contribution in [0.3, 0.4) is 0 Å². The van der Waals surface area contributed by atoms with Gasteiger partial charge < -0.3 is 14.6 Å². The summed E-state index contributed by atoms with van der Waals surface area (Å²) in [6, 6.07) is 7.59. The number of hydrogen-bond acceptors (Lipinski definition) is 3. The summed E-state index contributed by atoms with van der Waals surface area (Å²) in [5.41, 5.74) is 1.50. The van der Waals surface area contributed by atoms with Gasteiger partial charge in [-0.2, -0.15) is 0 Å². The fraction of sp³-hybridized carbons (Fsp3) is 0.375. The second-order valence-electron chi connectivity index (χ2n) is 5.29. The molecule has 1 aliphatic rings. The first-order valence-electron chi connectivity index (χ1n) is 7.19. The number of benzene rings is 1. The molecule has 5 heteroatoms. The van der Waals surface area contributed by atoms with Crippen LogP contribution in [-0.2, 0) is 16.1 Å². The van der Waals surface area contributed by atoms with Gasteiger partial charge in [-0.05, 0) is 18.9 Å². The Morgan fingerprint density at radius 1 is 1.43 bits per heavy atom. The van der Waals surface area contributed by atoms with E-state index in [0.717, 1.165) is 36.6 Å². The third-order valence-corrected chi connectivity index (χ3v) is 3.81. The van der Waals surface area contributed by atoms with Crippen molar-refractivity contribution in [3.8, 4) is 0 Å². The van der Waals surface area contributed by atoms with Gasteiger partial charge in [0.25, 0.3) is 0 Å². The molecule has 1 fully saturated rings. The quantitative estimate of drug-likeness (QED) is 0.852. The number of nitrogens with zero attached hydrogens (tertiary/aromatic N) is 1. The smallest absolute Gasteiger partial charge is 0.240 e. The van der Waals surface area contributed by atoms with Crippen molar-refractivity contribution in [2.24, 2.45) is 0 Å². The largest absolute Gasteiger partial charge is 0.376 e. The Morgan fingerprint density at radius 2 is 2.29 bits per heavy atom. The molecule has 0 bridgehead atoms. The zero-order chi connectivity index (χ0) is 14.7. The summed E-state index contributed by atoms with van der Waals surface area (Å²) in [4.78, 5) is 23.1. The van der Waals surface area contributed by atoms with Gasteiger partial charge in [0.2, 0.25) is 5.91 Å². The highest BCUT2D eigenvalue weighted by molar-refractivity contribution is 5.98. The molecule has 110 valence electrons. The van der Waals surface area contributed by atoms with E-state index in [-0.39, 0.29) is 18.6 Å². The first kappa shape index (κ1) is 13.8. The minimum Gasteiger partial charge on any atom is -0.376 e.